The number of thiazole rings is 1. The monoisotopic (exact) mass is 226 g/mol. The van der Waals surface area contributed by atoms with Crippen molar-refractivity contribution in [1.82, 2.24) is 4.98 Å². The van der Waals surface area contributed by atoms with Gasteiger partial charge in [0.05, 0.1) is 11.8 Å². The number of aromatic nitrogens is 1. The summed E-state index contributed by atoms with van der Waals surface area (Å²) in [6.45, 7) is 0. The van der Waals surface area contributed by atoms with E-state index in [0.717, 1.165) is 0 Å². The molecule has 0 aliphatic carbocycles. The molecule has 0 saturated carbocycles. The average Bonchev–Trinajstić information content (AvgIpc) is 2.81. The molecule has 0 bridgehead atoms. The molecule has 0 aliphatic rings. The van der Waals surface area contributed by atoms with Crippen molar-refractivity contribution in [3.05, 3.63) is 41.0 Å². The average molecular weight is 226 g/mol. The van der Waals surface area contributed by atoms with Crippen molar-refractivity contribution >= 4 is 11.3 Å². The quantitative estimate of drug-likeness (QED) is 0.788. The van der Waals surface area contributed by atoms with Gasteiger partial charge in [0.15, 0.2) is 5.51 Å². The van der Waals surface area contributed by atoms with Crippen molar-refractivity contribution in [2.75, 3.05) is 0 Å². The predicted octanol–water partition coefficient (Wildman–Crippen LogP) is 2.48. The molecule has 1 radical (unpaired) electrons. The van der Waals surface area contributed by atoms with Crippen molar-refractivity contribution in [3.63, 3.8) is 0 Å². The van der Waals surface area contributed by atoms with Crippen LogP contribution in [0.25, 0.3) is 0 Å². The number of nitriles is 2. The largest absolute Gasteiger partial charge is 0.444 e. The first-order valence-corrected chi connectivity index (χ1v) is 5.09. The van der Waals surface area contributed by atoms with Crippen molar-refractivity contribution in [3.8, 4) is 23.0 Å². The van der Waals surface area contributed by atoms with Gasteiger partial charge in [-0.05, 0) is 12.1 Å². The second kappa shape index (κ2) is 4.43. The number of hydrogen-bond acceptors (Lipinski definition) is 5. The maximum Gasteiger partial charge on any atom is 0.201 e. The summed E-state index contributed by atoms with van der Waals surface area (Å²) in [5.74, 6) is 0.360. The first-order valence-electron chi connectivity index (χ1n) is 4.28. The van der Waals surface area contributed by atoms with Crippen LogP contribution in [-0.4, -0.2) is 4.98 Å². The molecule has 0 spiro atoms. The molecule has 0 unspecified atom stereocenters. The molecule has 1 heterocycles. The first kappa shape index (κ1) is 10.2. The molecular formula is C11H4N3OS. The van der Waals surface area contributed by atoms with Crippen LogP contribution in [0.2, 0.25) is 0 Å². The molecule has 2 rings (SSSR count). The molecule has 2 aromatic rings. The number of nitrogens with zero attached hydrogens (tertiary/aromatic N) is 3. The normalized spacial score (nSPS) is 9.12. The number of ether oxygens (including phenoxy) is 1. The van der Waals surface area contributed by atoms with Crippen LogP contribution >= 0.6 is 11.3 Å². The molecule has 0 atom stereocenters. The van der Waals surface area contributed by atoms with E-state index >= 15 is 0 Å². The van der Waals surface area contributed by atoms with Crippen molar-refractivity contribution in [1.29, 1.82) is 10.5 Å². The molecule has 0 N–H and O–H groups in total. The van der Waals surface area contributed by atoms with Crippen molar-refractivity contribution < 1.29 is 4.74 Å². The first-order chi connectivity index (χ1) is 7.85. The van der Waals surface area contributed by atoms with Crippen LogP contribution in [0.1, 0.15) is 11.1 Å². The van der Waals surface area contributed by atoms with Crippen molar-refractivity contribution in [2.24, 2.45) is 0 Å². The minimum atomic E-state index is 0.235. The van der Waals surface area contributed by atoms with E-state index in [2.05, 4.69) is 10.5 Å². The molecule has 0 saturated heterocycles. The summed E-state index contributed by atoms with van der Waals surface area (Å²) in [5, 5.41) is 18.3. The van der Waals surface area contributed by atoms with E-state index in [4.69, 9.17) is 15.3 Å². The third kappa shape index (κ3) is 1.85. The Labute approximate surface area is 96.0 Å². The van der Waals surface area contributed by atoms with Gasteiger partial charge in [0.2, 0.25) is 5.06 Å². The van der Waals surface area contributed by atoms with Crippen LogP contribution in [0.5, 0.6) is 10.8 Å². The fourth-order valence-electron chi connectivity index (χ4n) is 1.16. The minimum Gasteiger partial charge on any atom is -0.444 e. The van der Waals surface area contributed by atoms with E-state index < -0.39 is 0 Å². The summed E-state index contributed by atoms with van der Waals surface area (Å²) in [5.41, 5.74) is 3.17. The maximum atomic E-state index is 8.96. The van der Waals surface area contributed by atoms with Gasteiger partial charge in [0, 0.05) is 0 Å². The molecular weight excluding hydrogens is 222 g/mol. The molecule has 5 heteroatoms. The van der Waals surface area contributed by atoms with Crippen molar-refractivity contribution in [2.45, 2.75) is 0 Å². The fourth-order valence-corrected chi connectivity index (χ4v) is 1.59. The van der Waals surface area contributed by atoms with E-state index in [-0.39, 0.29) is 5.56 Å². The van der Waals surface area contributed by atoms with Gasteiger partial charge in [-0.25, -0.2) is 4.98 Å². The summed E-state index contributed by atoms with van der Waals surface area (Å²) < 4.78 is 5.43. The summed E-state index contributed by atoms with van der Waals surface area (Å²) in [6.07, 6.45) is 1.50. The molecule has 75 valence electrons. The highest BCUT2D eigenvalue weighted by molar-refractivity contribution is 7.11. The van der Waals surface area contributed by atoms with Gasteiger partial charge in [-0.2, -0.15) is 10.5 Å². The summed E-state index contributed by atoms with van der Waals surface area (Å²) in [6, 6.07) is 8.78. The SMILES string of the molecule is N#Cc1cccc(Oc2cn[c]s2)c1C#N. The zero-order valence-electron chi connectivity index (χ0n) is 7.97. The van der Waals surface area contributed by atoms with Gasteiger partial charge in [-0.3, -0.25) is 0 Å². The number of hydrogen-bond donors (Lipinski definition) is 0. The fraction of sp³-hybridized carbons (Fsp3) is 0. The Bertz CT molecular complexity index is 578. The third-order valence-corrected chi connectivity index (χ3v) is 2.42. The van der Waals surface area contributed by atoms with Crippen LogP contribution in [0.3, 0.4) is 0 Å². The number of rotatable bonds is 2. The topological polar surface area (TPSA) is 69.7 Å². The lowest BCUT2D eigenvalue weighted by Gasteiger charge is -2.04. The van der Waals surface area contributed by atoms with Crippen LogP contribution < -0.4 is 4.74 Å². The van der Waals surface area contributed by atoms with Gasteiger partial charge in [0.25, 0.3) is 0 Å². The van der Waals surface area contributed by atoms with Gasteiger partial charge < -0.3 is 4.74 Å². The third-order valence-electron chi connectivity index (χ3n) is 1.84. The molecule has 4 nitrogen and oxygen atoms in total. The molecule has 16 heavy (non-hydrogen) atoms. The second-order valence-electron chi connectivity index (χ2n) is 2.77. The Balaban J connectivity index is 2.43. The Morgan fingerprint density at radius 2 is 2.19 bits per heavy atom. The minimum absolute atomic E-state index is 0.235. The van der Waals surface area contributed by atoms with E-state index in [0.29, 0.717) is 16.4 Å². The summed E-state index contributed by atoms with van der Waals surface area (Å²) in [7, 11) is 0. The highest BCUT2D eigenvalue weighted by Crippen LogP contribution is 2.28. The molecule has 1 aromatic heterocycles. The van der Waals surface area contributed by atoms with Crippen LogP contribution in [-0.2, 0) is 0 Å². The number of benzene rings is 1. The maximum absolute atomic E-state index is 8.96. The van der Waals surface area contributed by atoms with Gasteiger partial charge in [0.1, 0.15) is 23.5 Å². The standard InChI is InChI=1S/C11H4N3OS/c12-4-8-2-1-3-10(9(8)5-13)15-11-6-14-7-16-11/h1-3,6H. The highest BCUT2D eigenvalue weighted by Gasteiger charge is 2.10. The lowest BCUT2D eigenvalue weighted by Crippen LogP contribution is -1.89. The smallest absolute Gasteiger partial charge is 0.201 e. The zero-order chi connectivity index (χ0) is 11.4. The van der Waals surface area contributed by atoms with Crippen LogP contribution in [0, 0.1) is 28.2 Å². The Morgan fingerprint density at radius 3 is 2.81 bits per heavy atom. The highest BCUT2D eigenvalue weighted by atomic mass is 32.1. The van der Waals surface area contributed by atoms with E-state index in [1.807, 2.05) is 12.1 Å². The Morgan fingerprint density at radius 1 is 1.31 bits per heavy atom. The Kier molecular flexibility index (Phi) is 2.81. The van der Waals surface area contributed by atoms with E-state index in [9.17, 15) is 0 Å². The molecule has 0 amide bonds. The summed E-state index contributed by atoms with van der Waals surface area (Å²) in [4.78, 5) is 3.74. The van der Waals surface area contributed by atoms with E-state index in [1.54, 1.807) is 18.2 Å². The van der Waals surface area contributed by atoms with E-state index in [1.165, 1.54) is 17.5 Å². The lowest BCUT2D eigenvalue weighted by molar-refractivity contribution is 0.493. The molecule has 0 aliphatic heterocycles. The molecule has 0 fully saturated rings. The zero-order valence-corrected chi connectivity index (χ0v) is 8.78. The lowest BCUT2D eigenvalue weighted by atomic mass is 10.1. The van der Waals surface area contributed by atoms with Gasteiger partial charge in [-0.1, -0.05) is 17.4 Å². The van der Waals surface area contributed by atoms with Gasteiger partial charge >= 0.3 is 0 Å². The van der Waals surface area contributed by atoms with Gasteiger partial charge in [-0.15, -0.1) is 0 Å². The van der Waals surface area contributed by atoms with Crippen LogP contribution in [0.15, 0.2) is 24.4 Å². The Hall–Kier alpha value is -2.37. The second-order valence-corrected chi connectivity index (χ2v) is 3.56. The van der Waals surface area contributed by atoms with Crippen LogP contribution in [0.4, 0.5) is 0 Å². The predicted molar refractivity (Wildman–Crippen MR) is 56.9 cm³/mol. The molecule has 1 aromatic carbocycles. The summed E-state index contributed by atoms with van der Waals surface area (Å²) >= 11 is 1.20.